The minimum absolute atomic E-state index is 0.214. The van der Waals surface area contributed by atoms with Crippen molar-refractivity contribution in [2.45, 2.75) is 12.8 Å². The summed E-state index contributed by atoms with van der Waals surface area (Å²) in [6.07, 6.45) is -4.71. The van der Waals surface area contributed by atoms with Crippen molar-refractivity contribution in [3.05, 3.63) is 70.6 Å². The molecule has 2 aromatic carbocycles. The van der Waals surface area contributed by atoms with Gasteiger partial charge in [-0.3, -0.25) is 9.63 Å². The molecule has 0 aliphatic rings. The van der Waals surface area contributed by atoms with Gasteiger partial charge in [0, 0.05) is 29.2 Å². The Bertz CT molecular complexity index is 993. The number of rotatable bonds is 8. The average Bonchev–Trinajstić information content (AvgIpc) is 3.22. The molecule has 0 aliphatic carbocycles. The molecule has 11 heteroatoms. The van der Waals surface area contributed by atoms with E-state index in [1.54, 1.807) is 6.07 Å². The lowest BCUT2D eigenvalue weighted by Crippen LogP contribution is -2.31. The third kappa shape index (κ3) is 5.78. The summed E-state index contributed by atoms with van der Waals surface area (Å²) < 4.78 is 41.7. The van der Waals surface area contributed by atoms with Crippen LogP contribution in [0, 0.1) is 0 Å². The highest BCUT2D eigenvalue weighted by Gasteiger charge is 2.38. The molecule has 0 radical (unpaired) electrons. The van der Waals surface area contributed by atoms with Gasteiger partial charge < -0.3 is 9.84 Å². The summed E-state index contributed by atoms with van der Waals surface area (Å²) in [5, 5.41) is 6.59. The Morgan fingerprint density at radius 2 is 1.83 bits per heavy atom. The molecule has 0 spiro atoms. The van der Waals surface area contributed by atoms with Gasteiger partial charge in [-0.1, -0.05) is 47.1 Å². The zero-order valence-corrected chi connectivity index (χ0v) is 16.1. The van der Waals surface area contributed by atoms with Crippen LogP contribution in [-0.4, -0.2) is 29.1 Å². The van der Waals surface area contributed by atoms with E-state index in [4.69, 9.17) is 16.4 Å². The minimum Gasteiger partial charge on any atom is -0.351 e. The molecule has 1 heterocycles. The second-order valence-corrected chi connectivity index (χ2v) is 6.44. The van der Waals surface area contributed by atoms with Crippen LogP contribution in [0.4, 0.5) is 13.2 Å². The van der Waals surface area contributed by atoms with Gasteiger partial charge in [0.15, 0.2) is 0 Å². The van der Waals surface area contributed by atoms with Gasteiger partial charge >= 0.3 is 12.1 Å². The van der Waals surface area contributed by atoms with E-state index in [0.717, 1.165) is 5.56 Å². The predicted molar refractivity (Wildman–Crippen MR) is 101 cm³/mol. The van der Waals surface area contributed by atoms with Gasteiger partial charge in [-0.15, -0.1) is 0 Å². The van der Waals surface area contributed by atoms with Crippen molar-refractivity contribution in [2.75, 3.05) is 13.1 Å². The van der Waals surface area contributed by atoms with E-state index in [2.05, 4.69) is 25.5 Å². The van der Waals surface area contributed by atoms with Gasteiger partial charge in [0.2, 0.25) is 5.82 Å². The van der Waals surface area contributed by atoms with Crippen LogP contribution in [0.25, 0.3) is 11.4 Å². The molecule has 7 nitrogen and oxygen atoms in total. The average molecular weight is 441 g/mol. The maximum atomic E-state index is 12.5. The second kappa shape index (κ2) is 9.70. The molecule has 3 aromatic rings. The van der Waals surface area contributed by atoms with Gasteiger partial charge in [0.1, 0.15) is 0 Å². The van der Waals surface area contributed by atoms with Crippen molar-refractivity contribution in [1.82, 2.24) is 20.9 Å². The first-order valence-electron chi connectivity index (χ1n) is 8.72. The summed E-state index contributed by atoms with van der Waals surface area (Å²) in [5.74, 6) is -1.99. The molecule has 0 saturated carbocycles. The van der Waals surface area contributed by atoms with Gasteiger partial charge in [-0.05, 0) is 23.8 Å². The van der Waals surface area contributed by atoms with Crippen LogP contribution >= 0.6 is 11.6 Å². The van der Waals surface area contributed by atoms with Gasteiger partial charge in [-0.2, -0.15) is 18.2 Å². The Labute approximate surface area is 174 Å². The number of hydroxylamine groups is 1. The van der Waals surface area contributed by atoms with E-state index < -0.39 is 12.1 Å². The summed E-state index contributed by atoms with van der Waals surface area (Å²) in [6, 6.07) is 13.1. The number of alkyl halides is 3. The van der Waals surface area contributed by atoms with Crippen LogP contribution < -0.4 is 10.8 Å². The molecule has 1 amide bonds. The van der Waals surface area contributed by atoms with Gasteiger partial charge in [-0.25, -0.2) is 5.48 Å². The molecule has 30 heavy (non-hydrogen) atoms. The van der Waals surface area contributed by atoms with Crippen LogP contribution in [0.3, 0.4) is 0 Å². The maximum Gasteiger partial charge on any atom is 0.471 e. The number of aromatic nitrogens is 2. The number of hydrogen-bond acceptors (Lipinski definition) is 6. The number of halogens is 4. The third-order valence-electron chi connectivity index (χ3n) is 3.87. The third-order valence-corrected chi connectivity index (χ3v) is 4.24. The molecular formula is C19H16ClF3N4O3. The molecule has 0 unspecified atom stereocenters. The molecule has 0 fully saturated rings. The number of carbonyl (C=O) groups is 1. The Hall–Kier alpha value is -2.95. The van der Waals surface area contributed by atoms with E-state index in [9.17, 15) is 18.0 Å². The minimum atomic E-state index is -4.71. The number of hydrogen-bond donors (Lipinski definition) is 2. The van der Waals surface area contributed by atoms with E-state index in [-0.39, 0.29) is 18.3 Å². The van der Waals surface area contributed by atoms with E-state index in [1.165, 1.54) is 24.3 Å². The monoisotopic (exact) mass is 440 g/mol. The SMILES string of the molecule is O=C(NCCNOCc1ccccc1Cl)c1ccc(-c2noc(C(F)(F)F)n2)cc1. The summed E-state index contributed by atoms with van der Waals surface area (Å²) in [6.45, 7) is 0.932. The first-order valence-corrected chi connectivity index (χ1v) is 9.10. The van der Waals surface area contributed by atoms with E-state index >= 15 is 0 Å². The fourth-order valence-electron chi connectivity index (χ4n) is 2.37. The zero-order chi connectivity index (χ0) is 21.6. The van der Waals surface area contributed by atoms with E-state index in [0.29, 0.717) is 29.2 Å². The zero-order valence-electron chi connectivity index (χ0n) is 15.4. The summed E-state index contributed by atoms with van der Waals surface area (Å²) in [5.41, 5.74) is 4.17. The largest absolute Gasteiger partial charge is 0.471 e. The quantitative estimate of drug-likeness (QED) is 0.408. The van der Waals surface area contributed by atoms with Crippen molar-refractivity contribution in [1.29, 1.82) is 0 Å². The lowest BCUT2D eigenvalue weighted by atomic mass is 10.1. The van der Waals surface area contributed by atoms with Crippen LogP contribution in [0.1, 0.15) is 21.8 Å². The van der Waals surface area contributed by atoms with E-state index in [1.807, 2.05) is 18.2 Å². The standard InChI is InChI=1S/C19H16ClF3N4O3/c20-15-4-2-1-3-14(15)11-29-25-10-9-24-17(28)13-7-5-12(6-8-13)16-26-18(30-27-16)19(21,22)23/h1-8,25H,9-11H2,(H,24,28). The van der Waals surface area contributed by atoms with Crippen molar-refractivity contribution in [3.8, 4) is 11.4 Å². The van der Waals surface area contributed by atoms with Crippen molar-refractivity contribution in [3.63, 3.8) is 0 Å². The lowest BCUT2D eigenvalue weighted by Gasteiger charge is -2.08. The highest BCUT2D eigenvalue weighted by molar-refractivity contribution is 6.31. The number of nitrogens with zero attached hydrogens (tertiary/aromatic N) is 2. The fourth-order valence-corrected chi connectivity index (χ4v) is 2.56. The van der Waals surface area contributed by atoms with Gasteiger partial charge in [0.05, 0.1) is 6.61 Å². The molecule has 0 saturated heterocycles. The lowest BCUT2D eigenvalue weighted by molar-refractivity contribution is -0.159. The van der Waals surface area contributed by atoms with Crippen molar-refractivity contribution >= 4 is 17.5 Å². The molecule has 0 atom stereocenters. The topological polar surface area (TPSA) is 89.3 Å². The van der Waals surface area contributed by atoms with Crippen LogP contribution in [0.15, 0.2) is 53.1 Å². The normalized spacial score (nSPS) is 11.5. The van der Waals surface area contributed by atoms with Crippen LogP contribution in [0.2, 0.25) is 5.02 Å². The highest BCUT2D eigenvalue weighted by Crippen LogP contribution is 2.29. The number of benzene rings is 2. The summed E-state index contributed by atoms with van der Waals surface area (Å²) in [7, 11) is 0. The maximum absolute atomic E-state index is 12.5. The first kappa shape index (κ1) is 21.8. The Morgan fingerprint density at radius 1 is 1.10 bits per heavy atom. The molecule has 2 N–H and O–H groups in total. The molecule has 3 rings (SSSR count). The molecule has 158 valence electrons. The smallest absolute Gasteiger partial charge is 0.351 e. The first-order chi connectivity index (χ1) is 14.3. The molecular weight excluding hydrogens is 425 g/mol. The number of nitrogens with one attached hydrogen (secondary N) is 2. The highest BCUT2D eigenvalue weighted by atomic mass is 35.5. The molecule has 0 aliphatic heterocycles. The van der Waals surface area contributed by atoms with Crippen LogP contribution in [-0.2, 0) is 17.6 Å². The molecule has 1 aromatic heterocycles. The van der Waals surface area contributed by atoms with Crippen molar-refractivity contribution in [2.24, 2.45) is 0 Å². The van der Waals surface area contributed by atoms with Gasteiger partial charge in [0.25, 0.3) is 5.91 Å². The number of carbonyl (C=O) groups excluding carboxylic acids is 1. The predicted octanol–water partition coefficient (Wildman–Crippen LogP) is 3.86. The summed E-state index contributed by atoms with van der Waals surface area (Å²) in [4.78, 5) is 20.7. The molecule has 0 bridgehead atoms. The Morgan fingerprint density at radius 3 is 2.50 bits per heavy atom. The summed E-state index contributed by atoms with van der Waals surface area (Å²) >= 11 is 6.02. The Balaban J connectivity index is 1.42. The fraction of sp³-hybridized carbons (Fsp3) is 0.211. The Kier molecular flexibility index (Phi) is 7.03. The van der Waals surface area contributed by atoms with Crippen LogP contribution in [0.5, 0.6) is 0 Å². The second-order valence-electron chi connectivity index (χ2n) is 6.03. The number of amides is 1. The van der Waals surface area contributed by atoms with Crippen molar-refractivity contribution < 1.29 is 27.3 Å².